The zero-order valence-electron chi connectivity index (χ0n) is 6.15. The van der Waals surface area contributed by atoms with E-state index in [-0.39, 0.29) is 11.1 Å². The van der Waals surface area contributed by atoms with Crippen molar-refractivity contribution >= 4 is 29.6 Å². The van der Waals surface area contributed by atoms with E-state index in [2.05, 4.69) is 14.4 Å². The Labute approximate surface area is 78.5 Å². The number of aromatic nitrogens is 2. The van der Waals surface area contributed by atoms with Crippen LogP contribution in [0.2, 0.25) is 5.15 Å². The highest BCUT2D eigenvalue weighted by atomic mass is 35.5. The first-order valence-corrected chi connectivity index (χ1v) is 4.14. The third-order valence-corrected chi connectivity index (χ3v) is 2.11. The van der Waals surface area contributed by atoms with Gasteiger partial charge in [0.25, 0.3) is 0 Å². The molecule has 6 heteroatoms. The highest BCUT2D eigenvalue weighted by Crippen LogP contribution is 2.24. The summed E-state index contributed by atoms with van der Waals surface area (Å²) in [6, 6.07) is 1.61. The summed E-state index contributed by atoms with van der Waals surface area (Å²) in [6.45, 7) is 1.32. The molecule has 0 aliphatic rings. The molecule has 0 atom stereocenters. The Hall–Kier alpha value is -0.810. The van der Waals surface area contributed by atoms with Crippen molar-refractivity contribution in [1.82, 2.24) is 10.2 Å². The van der Waals surface area contributed by atoms with E-state index in [1.165, 1.54) is 13.1 Å². The maximum absolute atomic E-state index is 10.4. The van der Waals surface area contributed by atoms with Crippen LogP contribution in [-0.4, -0.2) is 16.2 Å². The lowest BCUT2D eigenvalue weighted by Crippen LogP contribution is -1.90. The summed E-state index contributed by atoms with van der Waals surface area (Å²) in [7, 11) is 0. The van der Waals surface area contributed by atoms with E-state index in [1.807, 2.05) is 0 Å². The van der Waals surface area contributed by atoms with Crippen LogP contribution in [-0.2, 0) is 8.98 Å². The predicted octanol–water partition coefficient (Wildman–Crippen LogP) is 1.70. The van der Waals surface area contributed by atoms with E-state index < -0.39 is 0 Å². The van der Waals surface area contributed by atoms with Crippen LogP contribution in [0, 0.1) is 0 Å². The monoisotopic (exact) mass is 204 g/mol. The molecule has 0 saturated carbocycles. The fourth-order valence-electron chi connectivity index (χ4n) is 0.469. The zero-order chi connectivity index (χ0) is 8.97. The molecular formula is C6H5ClN2O2S. The van der Waals surface area contributed by atoms with Gasteiger partial charge in [-0.15, -0.1) is 5.10 Å². The summed E-state index contributed by atoms with van der Waals surface area (Å²) >= 11 is 6.49. The van der Waals surface area contributed by atoms with Gasteiger partial charge in [-0.1, -0.05) is 11.6 Å². The van der Waals surface area contributed by atoms with Crippen molar-refractivity contribution in [3.05, 3.63) is 17.4 Å². The Morgan fingerprint density at radius 3 is 3.08 bits per heavy atom. The minimum absolute atomic E-state index is 0.226. The second-order valence-electron chi connectivity index (χ2n) is 1.84. The van der Waals surface area contributed by atoms with Crippen LogP contribution in [0.3, 0.4) is 0 Å². The average molecular weight is 205 g/mol. The Kier molecular flexibility index (Phi) is 3.31. The van der Waals surface area contributed by atoms with Crippen molar-refractivity contribution in [3.8, 4) is 0 Å². The Morgan fingerprint density at radius 1 is 1.75 bits per heavy atom. The third-order valence-electron chi connectivity index (χ3n) is 0.890. The van der Waals surface area contributed by atoms with Gasteiger partial charge >= 0.3 is 5.97 Å². The maximum atomic E-state index is 10.4. The van der Waals surface area contributed by atoms with Crippen LogP contribution in [0.15, 0.2) is 17.2 Å². The SMILES string of the molecule is CC(=O)OSc1ccnnc1Cl. The molecule has 64 valence electrons. The molecule has 0 spiro atoms. The number of halogens is 1. The van der Waals surface area contributed by atoms with Crippen LogP contribution < -0.4 is 0 Å². The molecule has 0 N–H and O–H groups in total. The Morgan fingerprint density at radius 2 is 2.50 bits per heavy atom. The molecule has 1 aromatic rings. The third kappa shape index (κ3) is 2.67. The minimum atomic E-state index is -0.382. The number of hydrogen-bond acceptors (Lipinski definition) is 5. The maximum Gasteiger partial charge on any atom is 0.315 e. The van der Waals surface area contributed by atoms with Crippen LogP contribution in [0.5, 0.6) is 0 Å². The summed E-state index contributed by atoms with van der Waals surface area (Å²) < 4.78 is 4.63. The smallest absolute Gasteiger partial charge is 0.315 e. The van der Waals surface area contributed by atoms with Gasteiger partial charge < -0.3 is 4.18 Å². The molecule has 0 bridgehead atoms. The second-order valence-corrected chi connectivity index (χ2v) is 2.98. The first-order valence-electron chi connectivity index (χ1n) is 3.02. The molecule has 0 radical (unpaired) electrons. The molecule has 0 aliphatic heterocycles. The normalized spacial score (nSPS) is 9.50. The molecular weight excluding hydrogens is 200 g/mol. The molecule has 1 aromatic heterocycles. The van der Waals surface area contributed by atoms with Gasteiger partial charge in [-0.05, 0) is 6.07 Å². The van der Waals surface area contributed by atoms with Gasteiger partial charge in [0.05, 0.1) is 23.1 Å². The first-order chi connectivity index (χ1) is 5.70. The van der Waals surface area contributed by atoms with Crippen molar-refractivity contribution in [1.29, 1.82) is 0 Å². The standard InChI is InChI=1S/C6H5ClN2O2S/c1-4(10)11-12-5-2-3-8-9-6(5)7/h2-3H,1H3. The zero-order valence-corrected chi connectivity index (χ0v) is 7.72. The van der Waals surface area contributed by atoms with Gasteiger partial charge in [0.2, 0.25) is 0 Å². The largest absolute Gasteiger partial charge is 0.386 e. The molecule has 0 aliphatic carbocycles. The quantitative estimate of drug-likeness (QED) is 0.687. The van der Waals surface area contributed by atoms with E-state index in [4.69, 9.17) is 11.6 Å². The van der Waals surface area contributed by atoms with Crippen molar-refractivity contribution in [3.63, 3.8) is 0 Å². The number of nitrogens with zero attached hydrogens (tertiary/aromatic N) is 2. The van der Waals surface area contributed by atoms with Gasteiger partial charge in [0.1, 0.15) is 0 Å². The Balaban J connectivity index is 2.63. The molecule has 12 heavy (non-hydrogen) atoms. The molecule has 0 fully saturated rings. The highest BCUT2D eigenvalue weighted by Gasteiger charge is 2.04. The van der Waals surface area contributed by atoms with E-state index >= 15 is 0 Å². The first kappa shape index (κ1) is 9.28. The lowest BCUT2D eigenvalue weighted by atomic mass is 10.6. The molecule has 1 heterocycles. The fraction of sp³-hybridized carbons (Fsp3) is 0.167. The number of carbonyl (C=O) groups excluding carboxylic acids is 1. The number of hydrogen-bond donors (Lipinski definition) is 0. The number of rotatable bonds is 2. The number of carbonyl (C=O) groups is 1. The van der Waals surface area contributed by atoms with Crippen molar-refractivity contribution in [2.45, 2.75) is 11.8 Å². The van der Waals surface area contributed by atoms with Crippen molar-refractivity contribution < 1.29 is 8.98 Å². The summed E-state index contributed by atoms with van der Waals surface area (Å²) in [4.78, 5) is 11.0. The van der Waals surface area contributed by atoms with Crippen LogP contribution >= 0.6 is 23.6 Å². The van der Waals surface area contributed by atoms with Crippen molar-refractivity contribution in [2.75, 3.05) is 0 Å². The predicted molar refractivity (Wildman–Crippen MR) is 44.7 cm³/mol. The molecule has 0 amide bonds. The second kappa shape index (κ2) is 4.27. The van der Waals surface area contributed by atoms with Crippen LogP contribution in [0.4, 0.5) is 0 Å². The van der Waals surface area contributed by atoms with Crippen LogP contribution in [0.1, 0.15) is 6.92 Å². The highest BCUT2D eigenvalue weighted by molar-refractivity contribution is 7.95. The summed E-state index contributed by atoms with van der Waals surface area (Å²) in [5.74, 6) is -0.382. The lowest BCUT2D eigenvalue weighted by Gasteiger charge is -1.98. The summed E-state index contributed by atoms with van der Waals surface area (Å²) in [5.41, 5.74) is 0. The molecule has 0 aromatic carbocycles. The summed E-state index contributed by atoms with van der Waals surface area (Å²) in [6.07, 6.45) is 1.47. The van der Waals surface area contributed by atoms with Crippen LogP contribution in [0.25, 0.3) is 0 Å². The Bertz CT molecular complexity index is 295. The van der Waals surface area contributed by atoms with Gasteiger partial charge in [0.15, 0.2) is 5.15 Å². The van der Waals surface area contributed by atoms with E-state index in [0.29, 0.717) is 4.90 Å². The van der Waals surface area contributed by atoms with E-state index in [0.717, 1.165) is 12.0 Å². The molecule has 0 unspecified atom stereocenters. The molecule has 0 saturated heterocycles. The van der Waals surface area contributed by atoms with Gasteiger partial charge in [-0.2, -0.15) is 5.10 Å². The average Bonchev–Trinajstić information content (AvgIpc) is 2.03. The van der Waals surface area contributed by atoms with Crippen molar-refractivity contribution in [2.24, 2.45) is 0 Å². The molecule has 4 nitrogen and oxygen atoms in total. The fourth-order valence-corrected chi connectivity index (χ4v) is 1.10. The van der Waals surface area contributed by atoms with E-state index in [1.54, 1.807) is 6.07 Å². The van der Waals surface area contributed by atoms with Gasteiger partial charge in [0, 0.05) is 6.92 Å². The van der Waals surface area contributed by atoms with Gasteiger partial charge in [-0.3, -0.25) is 4.79 Å². The minimum Gasteiger partial charge on any atom is -0.386 e. The molecule has 1 rings (SSSR count). The lowest BCUT2D eigenvalue weighted by molar-refractivity contribution is -0.130. The van der Waals surface area contributed by atoms with E-state index in [9.17, 15) is 4.79 Å². The summed E-state index contributed by atoms with van der Waals surface area (Å²) in [5, 5.41) is 7.32. The topological polar surface area (TPSA) is 52.1 Å². The van der Waals surface area contributed by atoms with Gasteiger partial charge in [-0.25, -0.2) is 0 Å².